The number of nitrogens with one attached hydrogen (secondary N) is 1. The van der Waals surface area contributed by atoms with E-state index in [2.05, 4.69) is 5.32 Å². The highest BCUT2D eigenvalue weighted by atomic mass is 16.3. The number of amides is 1. The smallest absolute Gasteiger partial charge is 0.235 e. The first-order chi connectivity index (χ1) is 5.39. The van der Waals surface area contributed by atoms with Crippen LogP contribution in [-0.4, -0.2) is 35.7 Å². The van der Waals surface area contributed by atoms with Gasteiger partial charge >= 0.3 is 0 Å². The van der Waals surface area contributed by atoms with Crippen LogP contribution in [0.25, 0.3) is 0 Å². The van der Waals surface area contributed by atoms with Crippen molar-refractivity contribution < 1.29 is 9.90 Å². The number of primary amides is 1. The van der Waals surface area contributed by atoms with Crippen LogP contribution in [0.3, 0.4) is 0 Å². The molecule has 1 atom stereocenters. The Hall–Kier alpha value is -0.650. The molecule has 72 valence electrons. The van der Waals surface area contributed by atoms with E-state index >= 15 is 0 Å². The summed E-state index contributed by atoms with van der Waals surface area (Å²) in [6.45, 7) is 3.88. The first-order valence-electron chi connectivity index (χ1n) is 3.80. The van der Waals surface area contributed by atoms with Crippen molar-refractivity contribution in [2.45, 2.75) is 25.4 Å². The first-order valence-corrected chi connectivity index (χ1v) is 3.80. The van der Waals surface area contributed by atoms with Crippen molar-refractivity contribution in [2.75, 3.05) is 13.2 Å². The molecule has 0 aliphatic carbocycles. The van der Waals surface area contributed by atoms with Crippen LogP contribution in [0.15, 0.2) is 0 Å². The molecule has 0 spiro atoms. The van der Waals surface area contributed by atoms with Gasteiger partial charge in [-0.2, -0.15) is 0 Å². The number of carbonyl (C=O) groups excluding carboxylic acids is 1. The van der Waals surface area contributed by atoms with Gasteiger partial charge in [0, 0.05) is 12.1 Å². The molecule has 0 saturated carbocycles. The van der Waals surface area contributed by atoms with Crippen molar-refractivity contribution in [3.63, 3.8) is 0 Å². The molecule has 0 aromatic rings. The fourth-order valence-electron chi connectivity index (χ4n) is 0.543. The summed E-state index contributed by atoms with van der Waals surface area (Å²) in [6, 6.07) is -0.698. The summed E-state index contributed by atoms with van der Waals surface area (Å²) in [5.41, 5.74) is 9.88. The monoisotopic (exact) mass is 175 g/mol. The minimum absolute atomic E-state index is 0.0154. The Labute approximate surface area is 72.1 Å². The molecule has 0 rings (SSSR count). The van der Waals surface area contributed by atoms with Crippen molar-refractivity contribution in [1.29, 1.82) is 0 Å². The van der Waals surface area contributed by atoms with Crippen LogP contribution in [0.1, 0.15) is 13.8 Å². The van der Waals surface area contributed by atoms with Crippen LogP contribution in [0, 0.1) is 0 Å². The lowest BCUT2D eigenvalue weighted by Crippen LogP contribution is -2.51. The summed E-state index contributed by atoms with van der Waals surface area (Å²) >= 11 is 0. The van der Waals surface area contributed by atoms with Gasteiger partial charge in [0.05, 0.1) is 12.6 Å². The van der Waals surface area contributed by atoms with E-state index in [1.54, 1.807) is 13.8 Å². The molecule has 0 radical (unpaired) electrons. The van der Waals surface area contributed by atoms with Crippen molar-refractivity contribution in [1.82, 2.24) is 5.32 Å². The van der Waals surface area contributed by atoms with Crippen LogP contribution in [0.2, 0.25) is 0 Å². The van der Waals surface area contributed by atoms with Crippen LogP contribution >= 0.6 is 0 Å². The lowest BCUT2D eigenvalue weighted by atomic mass is 10.1. The fourth-order valence-corrected chi connectivity index (χ4v) is 0.543. The largest absolute Gasteiger partial charge is 0.394 e. The molecule has 0 aromatic carbocycles. The first kappa shape index (κ1) is 11.4. The Kier molecular flexibility index (Phi) is 4.16. The number of carbonyl (C=O) groups is 1. The summed E-state index contributed by atoms with van der Waals surface area (Å²) in [4.78, 5) is 10.5. The van der Waals surface area contributed by atoms with Gasteiger partial charge in [-0.3, -0.25) is 4.79 Å². The summed E-state index contributed by atoms with van der Waals surface area (Å²) < 4.78 is 0. The molecule has 0 bridgehead atoms. The molecule has 1 unspecified atom stereocenters. The molecular weight excluding hydrogens is 158 g/mol. The lowest BCUT2D eigenvalue weighted by molar-refractivity contribution is -0.119. The zero-order valence-electron chi connectivity index (χ0n) is 7.50. The number of rotatable bonds is 5. The standard InChI is InChI=1S/C7H17N3O2/c1-7(2,4-11)10-3-5(8)6(9)12/h5,10-11H,3-4,8H2,1-2H3,(H2,9,12). The molecule has 1 amide bonds. The molecule has 0 fully saturated rings. The third kappa shape index (κ3) is 4.27. The van der Waals surface area contributed by atoms with Gasteiger partial charge in [0.1, 0.15) is 0 Å². The van der Waals surface area contributed by atoms with E-state index in [9.17, 15) is 4.79 Å². The maximum Gasteiger partial charge on any atom is 0.235 e. The molecular formula is C7H17N3O2. The van der Waals surface area contributed by atoms with E-state index in [1.807, 2.05) is 0 Å². The summed E-state index contributed by atoms with van der Waals surface area (Å²) in [6.07, 6.45) is 0. The molecule has 0 aromatic heterocycles. The van der Waals surface area contributed by atoms with Gasteiger partial charge in [-0.15, -0.1) is 0 Å². The van der Waals surface area contributed by atoms with Gasteiger partial charge in [0.2, 0.25) is 5.91 Å². The van der Waals surface area contributed by atoms with E-state index in [-0.39, 0.29) is 13.2 Å². The zero-order valence-corrected chi connectivity index (χ0v) is 7.50. The number of hydrogen-bond donors (Lipinski definition) is 4. The predicted molar refractivity (Wildman–Crippen MR) is 46.3 cm³/mol. The molecule has 0 saturated heterocycles. The molecule has 12 heavy (non-hydrogen) atoms. The van der Waals surface area contributed by atoms with Crippen LogP contribution in [-0.2, 0) is 4.79 Å². The lowest BCUT2D eigenvalue weighted by Gasteiger charge is -2.24. The molecule has 0 aliphatic heterocycles. The van der Waals surface area contributed by atoms with Gasteiger partial charge in [0.15, 0.2) is 0 Å². The van der Waals surface area contributed by atoms with E-state index in [4.69, 9.17) is 16.6 Å². The average molecular weight is 175 g/mol. The maximum atomic E-state index is 10.5. The quantitative estimate of drug-likeness (QED) is 0.394. The second-order valence-corrected chi connectivity index (χ2v) is 3.43. The maximum absolute atomic E-state index is 10.5. The summed E-state index contributed by atoms with van der Waals surface area (Å²) in [5, 5.41) is 11.7. The highest BCUT2D eigenvalue weighted by Crippen LogP contribution is 1.98. The van der Waals surface area contributed by atoms with Crippen molar-refractivity contribution in [2.24, 2.45) is 11.5 Å². The van der Waals surface area contributed by atoms with Gasteiger partial charge in [-0.25, -0.2) is 0 Å². The number of hydrogen-bond acceptors (Lipinski definition) is 4. The highest BCUT2D eigenvalue weighted by Gasteiger charge is 2.18. The second-order valence-electron chi connectivity index (χ2n) is 3.43. The fraction of sp³-hybridized carbons (Fsp3) is 0.857. The minimum atomic E-state index is -0.698. The Morgan fingerprint density at radius 3 is 2.50 bits per heavy atom. The summed E-state index contributed by atoms with van der Waals surface area (Å²) in [7, 11) is 0. The molecule has 5 nitrogen and oxygen atoms in total. The van der Waals surface area contributed by atoms with Crippen LogP contribution < -0.4 is 16.8 Å². The second kappa shape index (κ2) is 4.39. The third-order valence-electron chi connectivity index (χ3n) is 1.56. The number of nitrogens with two attached hydrogens (primary N) is 2. The van der Waals surface area contributed by atoms with E-state index < -0.39 is 17.5 Å². The summed E-state index contributed by atoms with van der Waals surface area (Å²) in [5.74, 6) is -0.545. The van der Waals surface area contributed by atoms with Crippen LogP contribution in [0.5, 0.6) is 0 Å². The topological polar surface area (TPSA) is 101 Å². The van der Waals surface area contributed by atoms with Crippen molar-refractivity contribution in [3.8, 4) is 0 Å². The zero-order chi connectivity index (χ0) is 9.78. The van der Waals surface area contributed by atoms with E-state index in [1.165, 1.54) is 0 Å². The third-order valence-corrected chi connectivity index (χ3v) is 1.56. The van der Waals surface area contributed by atoms with E-state index in [0.29, 0.717) is 0 Å². The number of aliphatic hydroxyl groups excluding tert-OH is 1. The molecule has 0 aliphatic rings. The highest BCUT2D eigenvalue weighted by molar-refractivity contribution is 5.79. The molecule has 5 heteroatoms. The minimum Gasteiger partial charge on any atom is -0.394 e. The number of aliphatic hydroxyl groups is 1. The Bertz CT molecular complexity index is 159. The van der Waals surface area contributed by atoms with Crippen LogP contribution in [0.4, 0.5) is 0 Å². The predicted octanol–water partition coefficient (Wildman–Crippen LogP) is -1.84. The normalized spacial score (nSPS) is 14.3. The SMILES string of the molecule is CC(C)(CO)NCC(N)C(N)=O. The Balaban J connectivity index is 3.75. The van der Waals surface area contributed by atoms with Gasteiger partial charge in [-0.1, -0.05) is 0 Å². The molecule has 0 heterocycles. The average Bonchev–Trinajstić information content (AvgIpc) is 2.00. The molecule has 6 N–H and O–H groups in total. The van der Waals surface area contributed by atoms with Gasteiger partial charge < -0.3 is 21.9 Å². The van der Waals surface area contributed by atoms with Crippen molar-refractivity contribution >= 4 is 5.91 Å². The van der Waals surface area contributed by atoms with E-state index in [0.717, 1.165) is 0 Å². The van der Waals surface area contributed by atoms with Gasteiger partial charge in [-0.05, 0) is 13.8 Å². The van der Waals surface area contributed by atoms with Crippen molar-refractivity contribution in [3.05, 3.63) is 0 Å². The Morgan fingerprint density at radius 1 is 1.67 bits per heavy atom. The van der Waals surface area contributed by atoms with Gasteiger partial charge in [0.25, 0.3) is 0 Å². The Morgan fingerprint density at radius 2 is 2.17 bits per heavy atom.